The number of carbonyl (C=O) groups is 3. The van der Waals surface area contributed by atoms with Crippen molar-refractivity contribution < 1.29 is 41.8 Å². The van der Waals surface area contributed by atoms with Crippen molar-refractivity contribution in [3.8, 4) is 0 Å². The van der Waals surface area contributed by atoms with E-state index in [2.05, 4.69) is 19.5 Å². The lowest BCUT2D eigenvalue weighted by atomic mass is 10.1. The molecule has 1 N–H and O–H groups in total. The highest BCUT2D eigenvalue weighted by Gasteiger charge is 2.32. The lowest BCUT2D eigenvalue weighted by molar-refractivity contribution is -0.138. The first-order chi connectivity index (χ1) is 11.6. The molecule has 0 aliphatic heterocycles. The van der Waals surface area contributed by atoms with Gasteiger partial charge in [-0.25, -0.2) is 14.4 Å². The summed E-state index contributed by atoms with van der Waals surface area (Å²) in [5, 5.41) is 2.28. The van der Waals surface area contributed by atoms with Crippen molar-refractivity contribution in [3.05, 3.63) is 41.1 Å². The fourth-order valence-corrected chi connectivity index (χ4v) is 1.69. The molecule has 0 unspecified atom stereocenters. The van der Waals surface area contributed by atoms with Gasteiger partial charge in [-0.1, -0.05) is 0 Å². The van der Waals surface area contributed by atoms with Crippen LogP contribution in [0, 0.1) is 0 Å². The lowest BCUT2D eigenvalue weighted by Crippen LogP contribution is -2.18. The minimum atomic E-state index is -4.69. The van der Waals surface area contributed by atoms with Crippen molar-refractivity contribution >= 4 is 23.6 Å². The van der Waals surface area contributed by atoms with Crippen molar-refractivity contribution in [1.29, 1.82) is 0 Å². The van der Waals surface area contributed by atoms with Gasteiger partial charge in [-0.2, -0.15) is 13.2 Å². The Bertz CT molecular complexity index is 712. The Balaban J connectivity index is 3.44. The molecule has 0 aliphatic carbocycles. The highest BCUT2D eigenvalue weighted by Crippen LogP contribution is 2.33. The van der Waals surface area contributed by atoms with E-state index in [9.17, 15) is 27.6 Å². The molecule has 0 saturated heterocycles. The third-order valence-electron chi connectivity index (χ3n) is 2.89. The summed E-state index contributed by atoms with van der Waals surface area (Å²) in [6.07, 6.45) is -4.02. The smallest absolute Gasteiger partial charge is 0.416 e. The van der Waals surface area contributed by atoms with Gasteiger partial charge in [0.05, 0.1) is 44.2 Å². The molecule has 0 aromatic heterocycles. The summed E-state index contributed by atoms with van der Waals surface area (Å²) in [5.74, 6) is -2.96. The van der Waals surface area contributed by atoms with Crippen LogP contribution in [-0.4, -0.2) is 39.2 Å². The molecular formula is C15H14F3NO6. The SMILES string of the molecule is COC(=O)/C=C(/Nc1cc(C(F)(F)F)ccc1C(=O)OC)C(=O)OC. The summed E-state index contributed by atoms with van der Waals surface area (Å²) in [7, 11) is 3.08. The highest BCUT2D eigenvalue weighted by molar-refractivity contribution is 6.02. The quantitative estimate of drug-likeness (QED) is 0.488. The molecule has 0 aliphatic rings. The van der Waals surface area contributed by atoms with Crippen molar-refractivity contribution in [1.82, 2.24) is 0 Å². The van der Waals surface area contributed by atoms with Gasteiger partial charge in [0.15, 0.2) is 0 Å². The summed E-state index contributed by atoms with van der Waals surface area (Å²) in [6, 6.07) is 2.16. The summed E-state index contributed by atoms with van der Waals surface area (Å²) in [5.41, 5.74) is -2.29. The number of esters is 3. The first-order valence-corrected chi connectivity index (χ1v) is 6.58. The van der Waals surface area contributed by atoms with Gasteiger partial charge in [-0.3, -0.25) is 0 Å². The zero-order valence-electron chi connectivity index (χ0n) is 13.4. The van der Waals surface area contributed by atoms with Gasteiger partial charge in [-0.05, 0) is 18.2 Å². The molecule has 0 heterocycles. The molecule has 0 atom stereocenters. The van der Waals surface area contributed by atoms with Crippen LogP contribution in [0.15, 0.2) is 30.0 Å². The van der Waals surface area contributed by atoms with Crippen LogP contribution in [-0.2, 0) is 30.0 Å². The first kappa shape index (κ1) is 20.0. The standard InChI is InChI=1S/C15H14F3NO6/c1-23-12(20)7-11(14(22)25-3)19-10-6-8(15(16,17)18)4-5-9(10)13(21)24-2/h4-7,19H,1-3H3/b11-7+. The van der Waals surface area contributed by atoms with Crippen LogP contribution in [0.4, 0.5) is 18.9 Å². The van der Waals surface area contributed by atoms with E-state index in [1.54, 1.807) is 0 Å². The number of methoxy groups -OCH3 is 3. The monoisotopic (exact) mass is 361 g/mol. The molecule has 25 heavy (non-hydrogen) atoms. The third-order valence-corrected chi connectivity index (χ3v) is 2.89. The number of ether oxygens (including phenoxy) is 3. The molecule has 1 rings (SSSR count). The van der Waals surface area contributed by atoms with Crippen molar-refractivity contribution in [2.75, 3.05) is 26.6 Å². The number of hydrogen-bond donors (Lipinski definition) is 1. The predicted octanol–water partition coefficient (Wildman–Crippen LogP) is 2.13. The summed E-state index contributed by atoms with van der Waals surface area (Å²) >= 11 is 0. The molecule has 0 fully saturated rings. The zero-order chi connectivity index (χ0) is 19.2. The second kappa shape index (κ2) is 8.18. The average molecular weight is 361 g/mol. The number of carbonyl (C=O) groups excluding carboxylic acids is 3. The van der Waals surface area contributed by atoms with Gasteiger partial charge < -0.3 is 19.5 Å². The van der Waals surface area contributed by atoms with E-state index in [0.29, 0.717) is 18.2 Å². The molecule has 0 bridgehead atoms. The van der Waals surface area contributed by atoms with E-state index in [0.717, 1.165) is 27.4 Å². The molecule has 7 nitrogen and oxygen atoms in total. The second-order valence-corrected chi connectivity index (χ2v) is 4.45. The maximum atomic E-state index is 12.9. The first-order valence-electron chi connectivity index (χ1n) is 6.58. The van der Waals surface area contributed by atoms with E-state index in [1.165, 1.54) is 0 Å². The van der Waals surface area contributed by atoms with E-state index < -0.39 is 41.0 Å². The Morgan fingerprint density at radius 1 is 1.04 bits per heavy atom. The predicted molar refractivity (Wildman–Crippen MR) is 78.5 cm³/mol. The second-order valence-electron chi connectivity index (χ2n) is 4.45. The van der Waals surface area contributed by atoms with Crippen molar-refractivity contribution in [3.63, 3.8) is 0 Å². The third kappa shape index (κ3) is 5.23. The molecule has 1 aromatic carbocycles. The number of rotatable bonds is 5. The molecule has 1 aromatic rings. The maximum Gasteiger partial charge on any atom is 0.416 e. The Kier molecular flexibility index (Phi) is 6.54. The summed E-state index contributed by atoms with van der Waals surface area (Å²) in [4.78, 5) is 34.7. The summed E-state index contributed by atoms with van der Waals surface area (Å²) < 4.78 is 51.9. The molecular weight excluding hydrogens is 347 g/mol. The van der Waals surface area contributed by atoms with Gasteiger partial charge in [0.2, 0.25) is 0 Å². The Labute approximate surface area is 140 Å². The Morgan fingerprint density at radius 2 is 1.68 bits per heavy atom. The average Bonchev–Trinajstić information content (AvgIpc) is 2.58. The van der Waals surface area contributed by atoms with Crippen molar-refractivity contribution in [2.24, 2.45) is 0 Å². The number of halogens is 3. The van der Waals surface area contributed by atoms with Crippen LogP contribution in [0.5, 0.6) is 0 Å². The van der Waals surface area contributed by atoms with Gasteiger partial charge in [0.1, 0.15) is 5.70 Å². The number of anilines is 1. The molecule has 0 saturated carbocycles. The Hall–Kier alpha value is -3.04. The topological polar surface area (TPSA) is 90.9 Å². The fraction of sp³-hybridized carbons (Fsp3) is 0.267. The maximum absolute atomic E-state index is 12.9. The lowest BCUT2D eigenvalue weighted by Gasteiger charge is -2.15. The van der Waals surface area contributed by atoms with Gasteiger partial charge in [0.25, 0.3) is 0 Å². The van der Waals surface area contributed by atoms with Crippen LogP contribution >= 0.6 is 0 Å². The van der Waals surface area contributed by atoms with E-state index in [1.807, 2.05) is 0 Å². The minimum Gasteiger partial charge on any atom is -0.466 e. The van der Waals surface area contributed by atoms with Crippen LogP contribution in [0.1, 0.15) is 15.9 Å². The number of alkyl halides is 3. The zero-order valence-corrected chi connectivity index (χ0v) is 13.4. The van der Waals surface area contributed by atoms with Crippen molar-refractivity contribution in [2.45, 2.75) is 6.18 Å². The van der Waals surface area contributed by atoms with Crippen LogP contribution in [0.3, 0.4) is 0 Å². The largest absolute Gasteiger partial charge is 0.466 e. The van der Waals surface area contributed by atoms with Crippen LogP contribution < -0.4 is 5.32 Å². The van der Waals surface area contributed by atoms with Crippen LogP contribution in [0.25, 0.3) is 0 Å². The summed E-state index contributed by atoms with van der Waals surface area (Å²) in [6.45, 7) is 0. The van der Waals surface area contributed by atoms with Gasteiger partial charge in [-0.15, -0.1) is 0 Å². The molecule has 136 valence electrons. The number of hydrogen-bond acceptors (Lipinski definition) is 7. The molecule has 10 heteroatoms. The normalized spacial score (nSPS) is 11.5. The number of nitrogens with one attached hydrogen (secondary N) is 1. The van der Waals surface area contributed by atoms with Gasteiger partial charge in [0, 0.05) is 0 Å². The molecule has 0 amide bonds. The van der Waals surface area contributed by atoms with Crippen LogP contribution in [0.2, 0.25) is 0 Å². The molecule has 0 spiro atoms. The van der Waals surface area contributed by atoms with E-state index in [4.69, 9.17) is 0 Å². The molecule has 0 radical (unpaired) electrons. The highest BCUT2D eigenvalue weighted by atomic mass is 19.4. The minimum absolute atomic E-state index is 0.282. The number of benzene rings is 1. The Morgan fingerprint density at radius 3 is 2.16 bits per heavy atom. The fourth-order valence-electron chi connectivity index (χ4n) is 1.69. The van der Waals surface area contributed by atoms with E-state index >= 15 is 0 Å². The van der Waals surface area contributed by atoms with E-state index in [-0.39, 0.29) is 5.56 Å². The van der Waals surface area contributed by atoms with Gasteiger partial charge >= 0.3 is 24.1 Å².